The normalized spacial score (nSPS) is 14.8. The zero-order valence-electron chi connectivity index (χ0n) is 12.3. The van der Waals surface area contributed by atoms with E-state index >= 15 is 0 Å². The zero-order valence-corrected chi connectivity index (χ0v) is 12.3. The summed E-state index contributed by atoms with van der Waals surface area (Å²) in [5.41, 5.74) is 3.88. The highest BCUT2D eigenvalue weighted by molar-refractivity contribution is 5.33. The van der Waals surface area contributed by atoms with Crippen molar-refractivity contribution >= 4 is 0 Å². The molecule has 2 rings (SSSR count). The zero-order chi connectivity index (χ0) is 14.3. The minimum Gasteiger partial charge on any atom is -0.293 e. The van der Waals surface area contributed by atoms with Crippen LogP contribution in [0.2, 0.25) is 0 Å². The number of aryl methyl sites for hydroxylation is 1. The van der Waals surface area contributed by atoms with Crippen LogP contribution in [0.15, 0.2) is 18.2 Å². The van der Waals surface area contributed by atoms with Crippen LogP contribution in [0.25, 0.3) is 0 Å². The molecule has 1 aromatic rings. The lowest BCUT2D eigenvalue weighted by molar-refractivity contribution is 0.0820. The Hall–Kier alpha value is -0.960. The number of hydrogen-bond donors (Lipinski definition) is 0. The molecule has 0 unspecified atom stereocenters. The van der Waals surface area contributed by atoms with E-state index in [1.54, 1.807) is 0 Å². The number of alkyl halides is 2. The van der Waals surface area contributed by atoms with E-state index in [-0.39, 0.29) is 6.54 Å². The molecule has 0 N–H and O–H groups in total. The van der Waals surface area contributed by atoms with Crippen LogP contribution in [0.1, 0.15) is 43.9 Å². The Morgan fingerprint density at radius 3 is 2.42 bits per heavy atom. The molecule has 0 saturated carbocycles. The van der Waals surface area contributed by atoms with E-state index in [4.69, 9.17) is 0 Å². The van der Waals surface area contributed by atoms with Gasteiger partial charge in [0.25, 0.3) is 6.43 Å². The van der Waals surface area contributed by atoms with Crippen molar-refractivity contribution in [1.82, 2.24) is 4.90 Å². The molecular weight excluding hydrogens is 244 g/mol. The average Bonchev–Trinajstić information content (AvgIpc) is 2.38. The Balaban J connectivity index is 0.000000550. The fourth-order valence-electron chi connectivity index (χ4n) is 2.24. The van der Waals surface area contributed by atoms with Crippen molar-refractivity contribution in [3.63, 3.8) is 0 Å². The lowest BCUT2D eigenvalue weighted by Crippen LogP contribution is -2.34. The topological polar surface area (TPSA) is 3.24 Å². The van der Waals surface area contributed by atoms with Crippen LogP contribution < -0.4 is 0 Å². The maximum atomic E-state index is 12.3. The molecule has 1 aliphatic heterocycles. The summed E-state index contributed by atoms with van der Waals surface area (Å²) in [5.74, 6) is 0. The van der Waals surface area contributed by atoms with Crippen LogP contribution in [-0.2, 0) is 19.4 Å². The fourth-order valence-corrected chi connectivity index (χ4v) is 2.24. The van der Waals surface area contributed by atoms with Gasteiger partial charge in [0.1, 0.15) is 0 Å². The van der Waals surface area contributed by atoms with Crippen molar-refractivity contribution in [2.75, 3.05) is 13.1 Å². The molecule has 0 saturated heterocycles. The first kappa shape index (κ1) is 16.1. The van der Waals surface area contributed by atoms with Crippen LogP contribution in [-0.4, -0.2) is 24.4 Å². The smallest absolute Gasteiger partial charge is 0.251 e. The summed E-state index contributed by atoms with van der Waals surface area (Å²) in [6, 6.07) is 6.41. The van der Waals surface area contributed by atoms with Crippen LogP contribution in [0.5, 0.6) is 0 Å². The van der Waals surface area contributed by atoms with Gasteiger partial charge < -0.3 is 0 Å². The van der Waals surface area contributed by atoms with Gasteiger partial charge in [-0.15, -0.1) is 0 Å². The Labute approximate surface area is 115 Å². The monoisotopic (exact) mass is 269 g/mol. The second kappa shape index (κ2) is 8.26. The van der Waals surface area contributed by atoms with E-state index in [2.05, 4.69) is 39.0 Å². The van der Waals surface area contributed by atoms with Crippen molar-refractivity contribution in [1.29, 1.82) is 0 Å². The van der Waals surface area contributed by atoms with E-state index in [9.17, 15) is 8.78 Å². The molecule has 0 amide bonds. The van der Waals surface area contributed by atoms with Crippen LogP contribution in [0, 0.1) is 0 Å². The van der Waals surface area contributed by atoms with Gasteiger partial charge in [-0.1, -0.05) is 45.4 Å². The van der Waals surface area contributed by atoms with Crippen molar-refractivity contribution in [3.8, 4) is 0 Å². The Kier molecular flexibility index (Phi) is 7.00. The first-order chi connectivity index (χ1) is 9.10. The number of benzene rings is 1. The van der Waals surface area contributed by atoms with Crippen LogP contribution in [0.3, 0.4) is 0 Å². The lowest BCUT2D eigenvalue weighted by Gasteiger charge is -2.28. The summed E-state index contributed by atoms with van der Waals surface area (Å²) in [6.07, 6.45) is 0.959. The molecule has 0 spiro atoms. The third kappa shape index (κ3) is 5.27. The molecule has 1 aliphatic rings. The predicted molar refractivity (Wildman–Crippen MR) is 76.8 cm³/mol. The van der Waals surface area contributed by atoms with Gasteiger partial charge in [0.2, 0.25) is 0 Å². The van der Waals surface area contributed by atoms with E-state index < -0.39 is 6.43 Å². The van der Waals surface area contributed by atoms with Crippen LogP contribution >= 0.6 is 0 Å². The highest BCUT2D eigenvalue weighted by Gasteiger charge is 2.18. The summed E-state index contributed by atoms with van der Waals surface area (Å²) in [7, 11) is 0. The number of nitrogens with zero attached hydrogens (tertiary/aromatic N) is 1. The molecule has 0 aromatic heterocycles. The van der Waals surface area contributed by atoms with E-state index in [0.29, 0.717) is 6.54 Å². The van der Waals surface area contributed by atoms with Gasteiger partial charge >= 0.3 is 0 Å². The second-order valence-corrected chi connectivity index (χ2v) is 5.04. The molecule has 1 nitrogen and oxygen atoms in total. The molecule has 1 heterocycles. The molecule has 0 aliphatic carbocycles. The average molecular weight is 269 g/mol. The van der Waals surface area contributed by atoms with E-state index in [0.717, 1.165) is 19.4 Å². The summed E-state index contributed by atoms with van der Waals surface area (Å²) in [6.45, 7) is 7.71. The maximum absolute atomic E-state index is 12.3. The minimum atomic E-state index is -2.23. The van der Waals surface area contributed by atoms with Crippen molar-refractivity contribution < 1.29 is 8.78 Å². The largest absolute Gasteiger partial charge is 0.293 e. The molecule has 19 heavy (non-hydrogen) atoms. The first-order valence-corrected chi connectivity index (χ1v) is 7.21. The van der Waals surface area contributed by atoms with Gasteiger partial charge in [0.05, 0.1) is 6.54 Å². The quantitative estimate of drug-likeness (QED) is 0.791. The number of rotatable bonds is 3. The van der Waals surface area contributed by atoms with Gasteiger partial charge in [-0.2, -0.15) is 0 Å². The summed E-state index contributed by atoms with van der Waals surface area (Å²) in [5, 5.41) is 0. The van der Waals surface area contributed by atoms with Crippen molar-refractivity contribution in [2.45, 2.75) is 53.0 Å². The number of hydrogen-bond acceptors (Lipinski definition) is 1. The number of fused-ring (bicyclic) bond motifs is 1. The predicted octanol–water partition coefficient (Wildman–Crippen LogP) is 4.29. The molecular formula is C16H25F2N. The third-order valence-electron chi connectivity index (χ3n) is 3.17. The third-order valence-corrected chi connectivity index (χ3v) is 3.17. The second-order valence-electron chi connectivity index (χ2n) is 5.04. The lowest BCUT2D eigenvalue weighted by atomic mass is 9.96. The molecule has 1 aromatic carbocycles. The highest BCUT2D eigenvalue weighted by Crippen LogP contribution is 2.21. The Bertz CT molecular complexity index is 377. The minimum absolute atomic E-state index is 0.102. The molecule has 3 heteroatoms. The summed E-state index contributed by atoms with van der Waals surface area (Å²) >= 11 is 0. The summed E-state index contributed by atoms with van der Waals surface area (Å²) < 4.78 is 24.5. The molecule has 0 atom stereocenters. The van der Waals surface area contributed by atoms with Crippen molar-refractivity contribution in [2.24, 2.45) is 0 Å². The van der Waals surface area contributed by atoms with Crippen LogP contribution in [0.4, 0.5) is 8.78 Å². The standard InChI is InChI=1S/C13H17F2N.C3H8/c1-2-10-3-4-12-8-16(9-13(14)15)6-5-11(12)7-10;1-3-2/h3-4,7,13H,2,5-6,8-9H2,1H3;3H2,1-2H3. The number of halogens is 2. The summed E-state index contributed by atoms with van der Waals surface area (Å²) in [4.78, 5) is 1.83. The maximum Gasteiger partial charge on any atom is 0.251 e. The van der Waals surface area contributed by atoms with Crippen molar-refractivity contribution in [3.05, 3.63) is 34.9 Å². The van der Waals surface area contributed by atoms with Gasteiger partial charge in [0.15, 0.2) is 0 Å². The van der Waals surface area contributed by atoms with Gasteiger partial charge in [-0.25, -0.2) is 8.78 Å². The van der Waals surface area contributed by atoms with E-state index in [1.165, 1.54) is 23.1 Å². The Morgan fingerprint density at radius 1 is 1.16 bits per heavy atom. The Morgan fingerprint density at radius 2 is 1.84 bits per heavy atom. The van der Waals surface area contributed by atoms with E-state index in [1.807, 2.05) is 4.90 Å². The highest BCUT2D eigenvalue weighted by atomic mass is 19.3. The SMILES string of the molecule is CCC.CCc1ccc2c(c1)CCN(CC(F)F)C2. The fraction of sp³-hybridized carbons (Fsp3) is 0.625. The molecule has 0 fully saturated rings. The van der Waals surface area contributed by atoms with Gasteiger partial charge in [-0.05, 0) is 29.5 Å². The van der Waals surface area contributed by atoms with Gasteiger partial charge in [-0.3, -0.25) is 4.90 Å². The first-order valence-electron chi connectivity index (χ1n) is 7.21. The molecule has 0 radical (unpaired) electrons. The molecule has 0 bridgehead atoms. The molecule has 108 valence electrons. The van der Waals surface area contributed by atoms with Gasteiger partial charge in [0, 0.05) is 13.1 Å².